The molecule has 0 bridgehead atoms. The monoisotopic (exact) mass is 386 g/mol. The van der Waals surface area contributed by atoms with E-state index in [0.717, 1.165) is 38.9 Å². The molecule has 0 aliphatic carbocycles. The first-order valence-corrected chi connectivity index (χ1v) is 8.85. The Kier molecular flexibility index (Phi) is 6.84. The molecule has 0 spiro atoms. The number of hydrogen-bond acceptors (Lipinski definition) is 3. The van der Waals surface area contributed by atoms with Crippen LogP contribution in [0.3, 0.4) is 0 Å². The zero-order valence-electron chi connectivity index (χ0n) is 13.6. The van der Waals surface area contributed by atoms with Crippen molar-refractivity contribution >= 4 is 21.8 Å². The van der Waals surface area contributed by atoms with Crippen LogP contribution in [0.15, 0.2) is 22.7 Å². The molecule has 1 aliphatic rings. The summed E-state index contributed by atoms with van der Waals surface area (Å²) in [5.74, 6) is 0.824. The first-order valence-electron chi connectivity index (χ1n) is 8.06. The van der Waals surface area contributed by atoms with Crippen LogP contribution in [-0.2, 0) is 4.79 Å². The molecule has 23 heavy (non-hydrogen) atoms. The minimum absolute atomic E-state index is 0.00621. The van der Waals surface area contributed by atoms with Gasteiger partial charge in [0, 0.05) is 13.1 Å². The van der Waals surface area contributed by atoms with Gasteiger partial charge in [-0.25, -0.2) is 4.39 Å². The number of piperidine rings is 1. The number of benzene rings is 1. The zero-order chi connectivity index (χ0) is 16.8. The summed E-state index contributed by atoms with van der Waals surface area (Å²) in [6.45, 7) is 4.33. The van der Waals surface area contributed by atoms with Crippen molar-refractivity contribution in [1.82, 2.24) is 10.2 Å². The lowest BCUT2D eigenvalue weighted by atomic mass is 9.93. The first-order chi connectivity index (χ1) is 11.0. The van der Waals surface area contributed by atoms with E-state index in [1.54, 1.807) is 6.92 Å². The number of carbonyl (C=O) groups is 1. The predicted octanol–water partition coefficient (Wildman–Crippen LogP) is 3.20. The Morgan fingerprint density at radius 2 is 2.17 bits per heavy atom. The molecule has 1 aromatic rings. The Hall–Kier alpha value is -1.14. The Balaban J connectivity index is 1.85. The number of carbonyl (C=O) groups excluding carboxylic acids is 1. The fraction of sp³-hybridized carbons (Fsp3) is 0.588. The summed E-state index contributed by atoms with van der Waals surface area (Å²) in [4.78, 5) is 14.4. The number of amides is 1. The van der Waals surface area contributed by atoms with Crippen LogP contribution in [0.25, 0.3) is 0 Å². The van der Waals surface area contributed by atoms with Crippen molar-refractivity contribution in [2.45, 2.75) is 32.3 Å². The Morgan fingerprint density at radius 1 is 1.48 bits per heavy atom. The third-order valence-corrected chi connectivity index (χ3v) is 4.89. The summed E-state index contributed by atoms with van der Waals surface area (Å²) in [6.07, 6.45) is 2.67. The summed E-state index contributed by atoms with van der Waals surface area (Å²) in [5, 5.41) is 3.17. The van der Waals surface area contributed by atoms with Gasteiger partial charge in [0.15, 0.2) is 6.10 Å². The van der Waals surface area contributed by atoms with Gasteiger partial charge in [-0.1, -0.05) is 0 Å². The maximum Gasteiger partial charge on any atom is 0.263 e. The smallest absolute Gasteiger partial charge is 0.263 e. The number of nitrogens with zero attached hydrogens (tertiary/aromatic N) is 1. The van der Waals surface area contributed by atoms with Gasteiger partial charge in [-0.05, 0) is 79.8 Å². The highest BCUT2D eigenvalue weighted by atomic mass is 79.9. The van der Waals surface area contributed by atoms with Gasteiger partial charge in [-0.2, -0.15) is 0 Å². The lowest BCUT2D eigenvalue weighted by Gasteiger charge is -2.33. The van der Waals surface area contributed by atoms with Crippen LogP contribution < -0.4 is 10.1 Å². The fourth-order valence-corrected chi connectivity index (χ4v) is 3.30. The van der Waals surface area contributed by atoms with Gasteiger partial charge >= 0.3 is 0 Å². The van der Waals surface area contributed by atoms with E-state index in [-0.39, 0.29) is 11.7 Å². The number of ether oxygens (including phenoxy) is 1. The van der Waals surface area contributed by atoms with Gasteiger partial charge < -0.3 is 15.0 Å². The van der Waals surface area contributed by atoms with E-state index in [1.807, 2.05) is 11.9 Å². The quantitative estimate of drug-likeness (QED) is 0.815. The SMILES string of the molecule is CNCCC1CCN(C(=O)C(C)Oc2ccc(F)cc2Br)CC1. The van der Waals surface area contributed by atoms with Gasteiger partial charge in [0.1, 0.15) is 11.6 Å². The summed E-state index contributed by atoms with van der Waals surface area (Å²) in [6, 6.07) is 4.19. The molecule has 128 valence electrons. The molecule has 1 unspecified atom stereocenters. The minimum Gasteiger partial charge on any atom is -0.480 e. The van der Waals surface area contributed by atoms with Crippen molar-refractivity contribution in [2.75, 3.05) is 26.7 Å². The summed E-state index contributed by atoms with van der Waals surface area (Å²) in [5.41, 5.74) is 0. The molecular formula is C17H24BrFN2O2. The molecule has 4 nitrogen and oxygen atoms in total. The van der Waals surface area contributed by atoms with E-state index in [1.165, 1.54) is 18.2 Å². The topological polar surface area (TPSA) is 41.6 Å². The van der Waals surface area contributed by atoms with Crippen molar-refractivity contribution in [3.05, 3.63) is 28.5 Å². The minimum atomic E-state index is -0.578. The number of rotatable bonds is 6. The highest BCUT2D eigenvalue weighted by Crippen LogP contribution is 2.27. The lowest BCUT2D eigenvalue weighted by molar-refractivity contribution is -0.139. The lowest BCUT2D eigenvalue weighted by Crippen LogP contribution is -2.45. The molecule has 1 aromatic carbocycles. The molecule has 0 saturated carbocycles. The number of hydrogen-bond donors (Lipinski definition) is 1. The van der Waals surface area contributed by atoms with Crippen LogP contribution in [0.2, 0.25) is 0 Å². The summed E-state index contributed by atoms with van der Waals surface area (Å²) >= 11 is 3.26. The van der Waals surface area contributed by atoms with Gasteiger partial charge in [-0.15, -0.1) is 0 Å². The predicted molar refractivity (Wildman–Crippen MR) is 92.0 cm³/mol. The van der Waals surface area contributed by atoms with Crippen molar-refractivity contribution in [1.29, 1.82) is 0 Å². The van der Waals surface area contributed by atoms with Gasteiger partial charge in [0.2, 0.25) is 0 Å². The maximum atomic E-state index is 13.1. The molecule has 1 fully saturated rings. The van der Waals surface area contributed by atoms with E-state index in [2.05, 4.69) is 21.2 Å². The standard InChI is InChI=1S/C17H24BrFN2O2/c1-12(23-16-4-3-14(19)11-15(16)18)17(22)21-9-6-13(7-10-21)5-8-20-2/h3-4,11-13,20H,5-10H2,1-2H3. The normalized spacial score (nSPS) is 17.1. The highest BCUT2D eigenvalue weighted by Gasteiger charge is 2.27. The van der Waals surface area contributed by atoms with Crippen molar-refractivity contribution in [2.24, 2.45) is 5.92 Å². The molecule has 1 atom stereocenters. The van der Waals surface area contributed by atoms with Crippen LogP contribution in [0.1, 0.15) is 26.2 Å². The molecule has 1 saturated heterocycles. The molecule has 0 aromatic heterocycles. The molecule has 2 rings (SSSR count). The molecule has 1 N–H and O–H groups in total. The largest absolute Gasteiger partial charge is 0.480 e. The maximum absolute atomic E-state index is 13.1. The van der Waals surface area contributed by atoms with Crippen molar-refractivity contribution in [3.8, 4) is 5.75 Å². The zero-order valence-corrected chi connectivity index (χ0v) is 15.2. The van der Waals surface area contributed by atoms with Crippen LogP contribution in [-0.4, -0.2) is 43.6 Å². The fourth-order valence-electron chi connectivity index (χ4n) is 2.86. The molecule has 6 heteroatoms. The van der Waals surface area contributed by atoms with E-state index >= 15 is 0 Å². The van der Waals surface area contributed by atoms with E-state index in [4.69, 9.17) is 4.74 Å². The first kappa shape index (κ1) is 18.2. The number of likely N-dealkylation sites (tertiary alicyclic amines) is 1. The van der Waals surface area contributed by atoms with E-state index in [0.29, 0.717) is 16.1 Å². The number of nitrogens with one attached hydrogen (secondary N) is 1. The second kappa shape index (κ2) is 8.64. The summed E-state index contributed by atoms with van der Waals surface area (Å²) in [7, 11) is 1.96. The summed E-state index contributed by atoms with van der Waals surface area (Å²) < 4.78 is 19.3. The highest BCUT2D eigenvalue weighted by molar-refractivity contribution is 9.10. The van der Waals surface area contributed by atoms with Gasteiger partial charge in [0.25, 0.3) is 5.91 Å². The second-order valence-electron chi connectivity index (χ2n) is 6.00. The van der Waals surface area contributed by atoms with Crippen LogP contribution in [0, 0.1) is 11.7 Å². The van der Waals surface area contributed by atoms with Crippen LogP contribution in [0.5, 0.6) is 5.75 Å². The molecule has 0 radical (unpaired) electrons. The van der Waals surface area contributed by atoms with Gasteiger partial charge in [-0.3, -0.25) is 4.79 Å². The van der Waals surface area contributed by atoms with E-state index < -0.39 is 6.10 Å². The van der Waals surface area contributed by atoms with Gasteiger partial charge in [0.05, 0.1) is 4.47 Å². The third kappa shape index (κ3) is 5.18. The van der Waals surface area contributed by atoms with Crippen molar-refractivity contribution in [3.63, 3.8) is 0 Å². The van der Waals surface area contributed by atoms with E-state index in [9.17, 15) is 9.18 Å². The number of halogens is 2. The molecule has 1 aliphatic heterocycles. The Labute approximate surface area is 145 Å². The Bertz CT molecular complexity index is 533. The molecular weight excluding hydrogens is 363 g/mol. The molecule has 1 heterocycles. The Morgan fingerprint density at radius 3 is 2.78 bits per heavy atom. The second-order valence-corrected chi connectivity index (χ2v) is 6.85. The third-order valence-electron chi connectivity index (χ3n) is 4.27. The average molecular weight is 387 g/mol. The van der Waals surface area contributed by atoms with Crippen LogP contribution in [0.4, 0.5) is 4.39 Å². The molecule has 1 amide bonds. The van der Waals surface area contributed by atoms with Crippen LogP contribution >= 0.6 is 15.9 Å². The average Bonchev–Trinajstić information content (AvgIpc) is 2.55. The van der Waals surface area contributed by atoms with Crippen molar-refractivity contribution < 1.29 is 13.9 Å².